The molecule has 0 radical (unpaired) electrons. The van der Waals surface area contributed by atoms with Crippen molar-refractivity contribution in [2.24, 2.45) is 0 Å². The highest BCUT2D eigenvalue weighted by molar-refractivity contribution is 6.24. The predicted molar refractivity (Wildman–Crippen MR) is 189 cm³/mol. The van der Waals surface area contributed by atoms with Gasteiger partial charge in [-0.25, -0.2) is 4.79 Å². The van der Waals surface area contributed by atoms with Crippen LogP contribution >= 0.6 is 0 Å². The highest BCUT2D eigenvalue weighted by Gasteiger charge is 2.48. The lowest BCUT2D eigenvalue weighted by molar-refractivity contribution is -0.440. The molecule has 0 unspecified atom stereocenters. The van der Waals surface area contributed by atoms with Crippen molar-refractivity contribution in [3.8, 4) is 0 Å². The molecule has 0 amide bonds. The minimum absolute atomic E-state index is 0.00248. The van der Waals surface area contributed by atoms with Gasteiger partial charge in [-0.3, -0.25) is 4.79 Å². The molecule has 2 aliphatic heterocycles. The lowest BCUT2D eigenvalue weighted by atomic mass is 9.76. The fraction of sp³-hybridized carbons (Fsp3) is 0.244. The van der Waals surface area contributed by atoms with Crippen LogP contribution in [0.5, 0.6) is 0 Å². The first-order valence-electron chi connectivity index (χ1n) is 16.2. The number of carbonyl (C=O) groups excluding carboxylic acids is 2. The van der Waals surface area contributed by atoms with E-state index >= 15 is 0 Å². The topological polar surface area (TPSA) is 69.9 Å². The van der Waals surface area contributed by atoms with Gasteiger partial charge in [-0.05, 0) is 66.1 Å². The number of hydrogen-bond donors (Lipinski definition) is 1. The van der Waals surface area contributed by atoms with Crippen molar-refractivity contribution in [2.75, 3.05) is 24.6 Å². The Hall–Kier alpha value is -5.23. The number of aliphatic hydroxyl groups is 1. The second-order valence-corrected chi connectivity index (χ2v) is 13.4. The monoisotopic (exact) mass is 623 g/mol. The van der Waals surface area contributed by atoms with Crippen LogP contribution in [0.1, 0.15) is 45.7 Å². The molecule has 6 nitrogen and oxygen atoms in total. The summed E-state index contributed by atoms with van der Waals surface area (Å²) in [6, 6.07) is 25.1. The second-order valence-electron chi connectivity index (χ2n) is 13.4. The van der Waals surface area contributed by atoms with Gasteiger partial charge in [0.15, 0.2) is 18.9 Å². The first kappa shape index (κ1) is 30.4. The number of carbonyl (C=O) groups is 2. The van der Waals surface area contributed by atoms with Gasteiger partial charge in [-0.2, -0.15) is 4.58 Å². The van der Waals surface area contributed by atoms with E-state index in [0.29, 0.717) is 12.1 Å². The third-order valence-corrected chi connectivity index (χ3v) is 10.1. The van der Waals surface area contributed by atoms with Gasteiger partial charge in [0.2, 0.25) is 11.5 Å². The molecule has 7 rings (SSSR count). The van der Waals surface area contributed by atoms with Crippen LogP contribution in [0.3, 0.4) is 0 Å². The van der Waals surface area contributed by atoms with E-state index in [0.717, 1.165) is 51.7 Å². The van der Waals surface area contributed by atoms with Crippen LogP contribution in [0.15, 0.2) is 120 Å². The molecule has 0 saturated carbocycles. The van der Waals surface area contributed by atoms with Gasteiger partial charge in [-0.1, -0.05) is 75.0 Å². The van der Waals surface area contributed by atoms with Crippen molar-refractivity contribution in [2.45, 2.75) is 45.4 Å². The van der Waals surface area contributed by atoms with E-state index in [-0.39, 0.29) is 29.1 Å². The molecule has 236 valence electrons. The Morgan fingerprint density at radius 3 is 2.17 bits per heavy atom. The molecule has 0 fully saturated rings. The summed E-state index contributed by atoms with van der Waals surface area (Å²) < 4.78 is 7.47. The Morgan fingerprint density at radius 2 is 1.53 bits per heavy atom. The summed E-state index contributed by atoms with van der Waals surface area (Å²) in [6.07, 6.45) is 4.86. The molecular formula is C41H39N2O4+. The van der Waals surface area contributed by atoms with Crippen LogP contribution in [-0.2, 0) is 25.2 Å². The molecule has 0 aromatic heterocycles. The summed E-state index contributed by atoms with van der Waals surface area (Å²) in [5, 5.41) is 16.1. The number of esters is 1. The summed E-state index contributed by atoms with van der Waals surface area (Å²) >= 11 is 0. The number of benzene rings is 4. The Labute approximate surface area is 275 Å². The smallest absolute Gasteiger partial charge is 0.330 e. The minimum Gasteiger partial charge on any atom is -0.506 e. The maximum atomic E-state index is 13.9. The molecule has 0 spiro atoms. The lowest BCUT2D eigenvalue weighted by Crippen LogP contribution is -2.32. The molecule has 0 saturated heterocycles. The molecular weight excluding hydrogens is 584 g/mol. The molecule has 1 aliphatic carbocycles. The Balaban J connectivity index is 1.32. The molecule has 4 aromatic rings. The number of Topliss-reactive ketones (excluding diaryl/α,β-unsaturated/α-hetero) is 1. The van der Waals surface area contributed by atoms with Crippen molar-refractivity contribution in [3.05, 3.63) is 131 Å². The van der Waals surface area contributed by atoms with E-state index < -0.39 is 11.4 Å². The van der Waals surface area contributed by atoms with Gasteiger partial charge in [0.1, 0.15) is 5.76 Å². The number of anilines is 1. The van der Waals surface area contributed by atoms with E-state index in [4.69, 9.17) is 4.74 Å². The van der Waals surface area contributed by atoms with Crippen LogP contribution in [0, 0.1) is 0 Å². The second kappa shape index (κ2) is 10.9. The van der Waals surface area contributed by atoms with Crippen molar-refractivity contribution in [1.29, 1.82) is 0 Å². The number of rotatable bonds is 7. The molecule has 2 heterocycles. The quantitative estimate of drug-likeness (QED) is 0.128. The van der Waals surface area contributed by atoms with Crippen LogP contribution in [0.2, 0.25) is 0 Å². The highest BCUT2D eigenvalue weighted by Crippen LogP contribution is 2.52. The number of ketones is 1. The maximum absolute atomic E-state index is 13.9. The average molecular weight is 624 g/mol. The summed E-state index contributed by atoms with van der Waals surface area (Å²) in [6.45, 7) is 15.5. The molecule has 1 N–H and O–H groups in total. The number of allylic oxidation sites excluding steroid dienone is 5. The van der Waals surface area contributed by atoms with Gasteiger partial charge >= 0.3 is 5.97 Å². The largest absolute Gasteiger partial charge is 0.506 e. The molecule has 3 aliphatic rings. The first-order valence-corrected chi connectivity index (χ1v) is 16.2. The van der Waals surface area contributed by atoms with E-state index in [1.165, 1.54) is 16.3 Å². The number of fused-ring (bicyclic) bond motifs is 6. The standard InChI is InChI=1S/C41H38N2O4/c1-7-35(44)47-22-21-43-32-20-18-26-14-10-12-16-28(26)37(32)41(5,6)34(43)24-30-38(45)29(39(30)46)23-33-40(3,4)36-27-15-11-9-13-25(27)17-19-31(36)42(33)8-2/h7,9-20,23-24H,1,8,21-22H2,2-6H3/p+1. The van der Waals surface area contributed by atoms with Crippen LogP contribution < -0.4 is 4.90 Å². The highest BCUT2D eigenvalue weighted by atomic mass is 16.5. The number of likely N-dealkylation sites (N-methyl/N-ethyl adjacent to an activating group) is 1. The summed E-state index contributed by atoms with van der Waals surface area (Å²) in [5.74, 6) is -0.678. The van der Waals surface area contributed by atoms with Gasteiger partial charge in [0.25, 0.3) is 0 Å². The molecule has 47 heavy (non-hydrogen) atoms. The average Bonchev–Trinajstić information content (AvgIpc) is 3.43. The van der Waals surface area contributed by atoms with Crippen molar-refractivity contribution in [3.63, 3.8) is 0 Å². The van der Waals surface area contributed by atoms with E-state index in [9.17, 15) is 14.7 Å². The van der Waals surface area contributed by atoms with E-state index in [2.05, 4.69) is 105 Å². The number of aliphatic hydroxyl groups excluding tert-OH is 1. The molecule has 6 heteroatoms. The van der Waals surface area contributed by atoms with Crippen molar-refractivity contribution in [1.82, 2.24) is 0 Å². The molecule has 0 bridgehead atoms. The zero-order valence-electron chi connectivity index (χ0n) is 27.6. The van der Waals surface area contributed by atoms with Crippen LogP contribution in [0.25, 0.3) is 21.5 Å². The third-order valence-electron chi connectivity index (χ3n) is 10.1. The SMILES string of the molecule is C=CC(=O)OCC[N+]1=C(C=C2C(=O)C(C=C3N(CC)c4ccc5ccccc5c4C3(C)C)=C2O)C(C)(C)c2c1ccc1ccccc21. The Kier molecular flexibility index (Phi) is 7.08. The first-order chi connectivity index (χ1) is 22.5. The predicted octanol–water partition coefficient (Wildman–Crippen LogP) is 8.12. The van der Waals surface area contributed by atoms with Crippen molar-refractivity contribution >= 4 is 50.4 Å². The zero-order valence-corrected chi connectivity index (χ0v) is 27.6. The van der Waals surface area contributed by atoms with Gasteiger partial charge < -0.3 is 14.7 Å². The van der Waals surface area contributed by atoms with Gasteiger partial charge in [-0.15, -0.1) is 0 Å². The Morgan fingerprint density at radius 1 is 0.894 bits per heavy atom. The fourth-order valence-corrected chi connectivity index (χ4v) is 7.85. The maximum Gasteiger partial charge on any atom is 0.330 e. The molecule has 4 aromatic carbocycles. The lowest BCUT2D eigenvalue weighted by Gasteiger charge is -2.28. The third kappa shape index (κ3) is 4.49. The summed E-state index contributed by atoms with van der Waals surface area (Å²) in [4.78, 5) is 28.0. The van der Waals surface area contributed by atoms with Crippen molar-refractivity contribution < 1.29 is 24.0 Å². The zero-order chi connectivity index (χ0) is 33.2. The summed E-state index contributed by atoms with van der Waals surface area (Å²) in [5.41, 5.74) is 6.04. The van der Waals surface area contributed by atoms with Crippen LogP contribution in [-0.4, -0.2) is 46.8 Å². The van der Waals surface area contributed by atoms with E-state index in [1.807, 2.05) is 30.4 Å². The Bertz CT molecular complexity index is 2180. The fourth-order valence-electron chi connectivity index (χ4n) is 7.85. The van der Waals surface area contributed by atoms with Crippen LogP contribution in [0.4, 0.5) is 11.4 Å². The van der Waals surface area contributed by atoms with E-state index in [1.54, 1.807) is 0 Å². The number of nitrogens with zero attached hydrogens (tertiary/aromatic N) is 2. The number of ether oxygens (including phenoxy) is 1. The number of hydrogen-bond acceptors (Lipinski definition) is 5. The van der Waals surface area contributed by atoms with Gasteiger partial charge in [0.05, 0.1) is 16.6 Å². The normalized spacial score (nSPS) is 19.5. The summed E-state index contributed by atoms with van der Waals surface area (Å²) in [7, 11) is 0. The molecule has 0 atom stereocenters. The minimum atomic E-state index is -0.504. The van der Waals surface area contributed by atoms with Gasteiger partial charge in [0, 0.05) is 47.1 Å².